The van der Waals surface area contributed by atoms with Crippen LogP contribution in [-0.4, -0.2) is 12.9 Å². The Morgan fingerprint density at radius 3 is 2.22 bits per heavy atom. The van der Waals surface area contributed by atoms with Crippen LogP contribution in [0, 0.1) is 19.8 Å². The summed E-state index contributed by atoms with van der Waals surface area (Å²) in [6.45, 7) is 13.8. The van der Waals surface area contributed by atoms with Crippen LogP contribution in [0.2, 0.25) is 0 Å². The predicted octanol–water partition coefficient (Wildman–Crippen LogP) is 6.83. The van der Waals surface area contributed by atoms with E-state index in [1.54, 1.807) is 0 Å². The maximum Gasteiger partial charge on any atom is 0.202 e. The molecule has 2 rings (SSSR count). The van der Waals surface area contributed by atoms with Crippen LogP contribution < -0.4 is 4.74 Å². The molecule has 0 aliphatic heterocycles. The third-order valence-corrected chi connectivity index (χ3v) is 5.23. The van der Waals surface area contributed by atoms with Gasteiger partial charge in [-0.2, -0.15) is 0 Å². The summed E-state index contributed by atoms with van der Waals surface area (Å²) in [5, 5.41) is 0. The van der Waals surface area contributed by atoms with Gasteiger partial charge in [0.1, 0.15) is 5.75 Å². The zero-order valence-electron chi connectivity index (χ0n) is 17.9. The van der Waals surface area contributed by atoms with Gasteiger partial charge in [-0.15, -0.1) is 0 Å². The van der Waals surface area contributed by atoms with E-state index in [-0.39, 0.29) is 6.29 Å². The molecule has 2 heteroatoms. The van der Waals surface area contributed by atoms with Crippen molar-refractivity contribution in [3.8, 4) is 5.75 Å². The van der Waals surface area contributed by atoms with Gasteiger partial charge in [0.05, 0.1) is 6.61 Å². The maximum atomic E-state index is 6.11. The first-order valence-corrected chi connectivity index (χ1v) is 10.3. The Balaban J connectivity index is 1.84. The smallest absolute Gasteiger partial charge is 0.202 e. The Kier molecular flexibility index (Phi) is 8.37. The number of benzene rings is 2. The van der Waals surface area contributed by atoms with Gasteiger partial charge in [0.25, 0.3) is 0 Å². The highest BCUT2D eigenvalue weighted by Crippen LogP contribution is 2.23. The molecule has 0 aromatic heterocycles. The van der Waals surface area contributed by atoms with Crippen LogP contribution in [0.15, 0.2) is 42.5 Å². The summed E-state index contributed by atoms with van der Waals surface area (Å²) in [6.07, 6.45) is 2.99. The molecule has 2 unspecified atom stereocenters. The molecule has 0 saturated carbocycles. The fraction of sp³-hybridized carbons (Fsp3) is 0.520. The van der Waals surface area contributed by atoms with Crippen LogP contribution >= 0.6 is 0 Å². The van der Waals surface area contributed by atoms with E-state index < -0.39 is 0 Å². The molecule has 2 aromatic carbocycles. The number of hydrogen-bond donors (Lipinski definition) is 0. The molecular formula is C25H36O2. The summed E-state index contributed by atoms with van der Waals surface area (Å²) < 4.78 is 12.2. The van der Waals surface area contributed by atoms with Crippen molar-refractivity contribution in [3.05, 3.63) is 64.7 Å². The molecule has 0 aliphatic rings. The van der Waals surface area contributed by atoms with Crippen LogP contribution in [0.5, 0.6) is 5.75 Å². The fourth-order valence-electron chi connectivity index (χ4n) is 3.20. The first-order chi connectivity index (χ1) is 12.9. The molecule has 0 spiro atoms. The van der Waals surface area contributed by atoms with Crippen molar-refractivity contribution in [2.45, 2.75) is 73.0 Å². The van der Waals surface area contributed by atoms with Crippen LogP contribution in [0.25, 0.3) is 0 Å². The van der Waals surface area contributed by atoms with Crippen LogP contribution in [0.1, 0.15) is 68.7 Å². The first-order valence-electron chi connectivity index (χ1n) is 10.3. The fourth-order valence-corrected chi connectivity index (χ4v) is 3.20. The number of hydrogen-bond acceptors (Lipinski definition) is 2. The largest absolute Gasteiger partial charge is 0.465 e. The highest BCUT2D eigenvalue weighted by atomic mass is 16.7. The van der Waals surface area contributed by atoms with E-state index in [1.807, 2.05) is 0 Å². The summed E-state index contributed by atoms with van der Waals surface area (Å²) in [7, 11) is 0. The summed E-state index contributed by atoms with van der Waals surface area (Å²) >= 11 is 0. The standard InChI is InChI=1S/C25H36O2/c1-7-20(5)23-12-14-24(15-13-23)27-25(18(2)3)26-16-8-9-22-11-10-19(4)17-21(22)6/h10-15,17-18,20,25H,7-9,16H2,1-6H3. The van der Waals surface area contributed by atoms with Crippen LogP contribution in [0.4, 0.5) is 0 Å². The second kappa shape index (κ2) is 10.5. The lowest BCUT2D eigenvalue weighted by atomic mass is 9.99. The van der Waals surface area contributed by atoms with Crippen LogP contribution in [-0.2, 0) is 11.2 Å². The molecule has 0 N–H and O–H groups in total. The van der Waals surface area contributed by atoms with Gasteiger partial charge in [-0.05, 0) is 67.9 Å². The van der Waals surface area contributed by atoms with Gasteiger partial charge in [0, 0.05) is 5.92 Å². The van der Waals surface area contributed by atoms with Crippen LogP contribution in [0.3, 0.4) is 0 Å². The molecule has 148 valence electrons. The van der Waals surface area contributed by atoms with E-state index in [9.17, 15) is 0 Å². The van der Waals surface area contributed by atoms with Crippen molar-refractivity contribution in [1.82, 2.24) is 0 Å². The zero-order valence-corrected chi connectivity index (χ0v) is 17.9. The lowest BCUT2D eigenvalue weighted by Gasteiger charge is -2.23. The topological polar surface area (TPSA) is 18.5 Å². The first kappa shape index (κ1) is 21.5. The molecule has 0 fully saturated rings. The lowest BCUT2D eigenvalue weighted by molar-refractivity contribution is -0.108. The summed E-state index contributed by atoms with van der Waals surface area (Å²) in [5.41, 5.74) is 5.46. The molecule has 2 aromatic rings. The van der Waals surface area contributed by atoms with E-state index in [0.717, 1.165) is 25.0 Å². The van der Waals surface area contributed by atoms with Crippen molar-refractivity contribution in [3.63, 3.8) is 0 Å². The van der Waals surface area contributed by atoms with Gasteiger partial charge in [-0.1, -0.05) is 63.6 Å². The Hall–Kier alpha value is -1.80. The SMILES string of the molecule is CCC(C)c1ccc(OC(OCCCc2ccc(C)cc2C)C(C)C)cc1. The zero-order chi connectivity index (χ0) is 19.8. The van der Waals surface area contributed by atoms with Crippen molar-refractivity contribution in [2.75, 3.05) is 6.61 Å². The van der Waals surface area contributed by atoms with E-state index >= 15 is 0 Å². The molecular weight excluding hydrogens is 332 g/mol. The van der Waals surface area contributed by atoms with E-state index in [4.69, 9.17) is 9.47 Å². The average molecular weight is 369 g/mol. The van der Waals surface area contributed by atoms with Crippen molar-refractivity contribution in [1.29, 1.82) is 0 Å². The minimum absolute atomic E-state index is 0.210. The highest BCUT2D eigenvalue weighted by molar-refractivity contribution is 5.30. The average Bonchev–Trinajstić information content (AvgIpc) is 2.65. The minimum atomic E-state index is -0.210. The summed E-state index contributed by atoms with van der Waals surface area (Å²) in [6, 6.07) is 15.1. The normalized spacial score (nSPS) is 13.6. The Morgan fingerprint density at radius 1 is 0.926 bits per heavy atom. The van der Waals surface area contributed by atoms with Gasteiger partial charge in [-0.3, -0.25) is 0 Å². The monoisotopic (exact) mass is 368 g/mol. The highest BCUT2D eigenvalue weighted by Gasteiger charge is 2.16. The molecule has 27 heavy (non-hydrogen) atoms. The molecule has 0 bridgehead atoms. The quantitative estimate of drug-likeness (QED) is 0.338. The van der Waals surface area contributed by atoms with Crippen molar-refractivity contribution >= 4 is 0 Å². The Labute approximate surface area is 165 Å². The van der Waals surface area contributed by atoms with E-state index in [0.29, 0.717) is 18.4 Å². The molecule has 0 saturated heterocycles. The third kappa shape index (κ3) is 6.70. The summed E-state index contributed by atoms with van der Waals surface area (Å²) in [5.74, 6) is 1.77. The van der Waals surface area contributed by atoms with E-state index in [2.05, 4.69) is 84.0 Å². The molecule has 0 amide bonds. The minimum Gasteiger partial charge on any atom is -0.465 e. The lowest BCUT2D eigenvalue weighted by Crippen LogP contribution is -2.27. The maximum absolute atomic E-state index is 6.11. The van der Waals surface area contributed by atoms with Crippen molar-refractivity contribution in [2.24, 2.45) is 5.92 Å². The second-order valence-corrected chi connectivity index (χ2v) is 8.01. The van der Waals surface area contributed by atoms with Gasteiger partial charge in [-0.25, -0.2) is 0 Å². The number of rotatable bonds is 10. The van der Waals surface area contributed by atoms with Gasteiger partial charge < -0.3 is 9.47 Å². The van der Waals surface area contributed by atoms with Crippen molar-refractivity contribution < 1.29 is 9.47 Å². The third-order valence-electron chi connectivity index (χ3n) is 5.23. The van der Waals surface area contributed by atoms with Gasteiger partial charge in [0.2, 0.25) is 6.29 Å². The molecule has 2 nitrogen and oxygen atoms in total. The molecule has 0 heterocycles. The van der Waals surface area contributed by atoms with E-state index in [1.165, 1.54) is 22.3 Å². The number of aryl methyl sites for hydroxylation is 3. The van der Waals surface area contributed by atoms with Gasteiger partial charge >= 0.3 is 0 Å². The van der Waals surface area contributed by atoms with Gasteiger partial charge in [0.15, 0.2) is 0 Å². The second-order valence-electron chi connectivity index (χ2n) is 8.01. The predicted molar refractivity (Wildman–Crippen MR) is 115 cm³/mol. The number of ether oxygens (including phenoxy) is 2. The molecule has 0 aliphatic carbocycles. The Morgan fingerprint density at radius 2 is 1.63 bits per heavy atom. The summed E-state index contributed by atoms with van der Waals surface area (Å²) in [4.78, 5) is 0. The molecule has 0 radical (unpaired) electrons. The molecule has 2 atom stereocenters. The Bertz CT molecular complexity index is 688.